The maximum Gasteiger partial charge on any atom is 0.330 e. The molecule has 0 aliphatic carbocycles. The summed E-state index contributed by atoms with van der Waals surface area (Å²) in [5.74, 6) is 1.01. The zero-order valence-corrected chi connectivity index (χ0v) is 18.4. The molecule has 0 bridgehead atoms. The van der Waals surface area contributed by atoms with Gasteiger partial charge in [0.05, 0.1) is 4.90 Å². The minimum atomic E-state index is -3.30. The van der Waals surface area contributed by atoms with Crippen molar-refractivity contribution in [2.45, 2.75) is 17.9 Å². The van der Waals surface area contributed by atoms with E-state index < -0.39 is 9.84 Å². The lowest BCUT2D eigenvalue weighted by atomic mass is 10.3. The topological polar surface area (TPSA) is 106 Å². The molecule has 2 amide bonds. The van der Waals surface area contributed by atoms with Crippen LogP contribution in [0.5, 0.6) is 0 Å². The Labute approximate surface area is 185 Å². The third-order valence-corrected chi connectivity index (χ3v) is 6.36. The number of carbonyl (C=O) groups is 1. The number of benzene rings is 1. The first-order chi connectivity index (χ1) is 15.3. The first kappa shape index (κ1) is 21.5. The molecule has 4 rings (SSSR count). The molecule has 1 unspecified atom stereocenters. The molecule has 0 radical (unpaired) electrons. The van der Waals surface area contributed by atoms with E-state index in [1.54, 1.807) is 51.0 Å². The molecule has 1 aromatic carbocycles. The number of anilines is 2. The van der Waals surface area contributed by atoms with Crippen LogP contribution in [0.1, 0.15) is 13.0 Å². The number of urea groups is 1. The van der Waals surface area contributed by atoms with Crippen molar-refractivity contribution in [3.05, 3.63) is 60.2 Å². The minimum absolute atomic E-state index is 0.109. The van der Waals surface area contributed by atoms with Crippen molar-refractivity contribution in [1.82, 2.24) is 19.7 Å². The average molecular weight is 452 g/mol. The lowest BCUT2D eigenvalue weighted by Crippen LogP contribution is -2.32. The Bertz CT molecular complexity index is 1300. The summed E-state index contributed by atoms with van der Waals surface area (Å²) in [6.07, 6.45) is 2.72. The number of hydrogen-bond donors (Lipinski definition) is 0. The lowest BCUT2D eigenvalue weighted by Gasteiger charge is -2.19. The Morgan fingerprint density at radius 2 is 1.84 bits per heavy atom. The van der Waals surface area contributed by atoms with Crippen LogP contribution < -0.4 is 9.80 Å². The molecule has 11 heteroatoms. The predicted octanol–water partition coefficient (Wildman–Crippen LogP) is 2.67. The smallest absolute Gasteiger partial charge is 0.315 e. The Hall–Kier alpha value is -3.78. The van der Waals surface area contributed by atoms with Crippen molar-refractivity contribution in [3.8, 4) is 11.5 Å². The Morgan fingerprint density at radius 1 is 1.12 bits per heavy atom. The van der Waals surface area contributed by atoms with Gasteiger partial charge in [-0.3, -0.25) is 9.80 Å². The number of rotatable bonds is 6. The number of hydrogen-bond acceptors (Lipinski definition) is 6. The Kier molecular flexibility index (Phi) is 5.63. The van der Waals surface area contributed by atoms with Crippen molar-refractivity contribution in [2.24, 2.45) is 0 Å². The van der Waals surface area contributed by atoms with Gasteiger partial charge in [-0.15, -0.1) is 10.2 Å². The van der Waals surface area contributed by atoms with E-state index in [0.29, 0.717) is 42.7 Å². The summed E-state index contributed by atoms with van der Waals surface area (Å²) >= 11 is 0. The maximum absolute atomic E-state index is 13.1. The number of amides is 2. The summed E-state index contributed by atoms with van der Waals surface area (Å²) in [5.41, 5.74) is 1.18. The van der Waals surface area contributed by atoms with Gasteiger partial charge in [-0.1, -0.05) is 6.07 Å². The van der Waals surface area contributed by atoms with Crippen LogP contribution in [0.4, 0.5) is 16.3 Å². The number of sulfone groups is 1. The van der Waals surface area contributed by atoms with Crippen LogP contribution in [0, 0.1) is 6.57 Å². The van der Waals surface area contributed by atoms with Crippen molar-refractivity contribution in [1.29, 1.82) is 0 Å². The molecule has 32 heavy (non-hydrogen) atoms. The SMILES string of the molecule is [C-]#[N+]CC(C)n1cnnc1-c1cccc(N2CCN(c3ccc(S(C)(=O)=O)cc3)C2=O)n1. The monoisotopic (exact) mass is 451 g/mol. The Balaban J connectivity index is 1.58. The molecule has 164 valence electrons. The van der Waals surface area contributed by atoms with Gasteiger partial charge in [0.15, 0.2) is 15.7 Å². The summed E-state index contributed by atoms with van der Waals surface area (Å²) in [7, 11) is -3.30. The molecular formula is C21H21N7O3S. The van der Waals surface area contributed by atoms with Crippen LogP contribution in [0.3, 0.4) is 0 Å². The van der Waals surface area contributed by atoms with Gasteiger partial charge in [0.25, 0.3) is 0 Å². The van der Waals surface area contributed by atoms with Crippen molar-refractivity contribution in [2.75, 3.05) is 35.7 Å². The summed E-state index contributed by atoms with van der Waals surface area (Å²) in [4.78, 5) is 24.5. The molecule has 0 spiro atoms. The fourth-order valence-electron chi connectivity index (χ4n) is 3.53. The molecule has 1 saturated heterocycles. The van der Waals surface area contributed by atoms with Crippen molar-refractivity contribution >= 4 is 27.4 Å². The highest BCUT2D eigenvalue weighted by atomic mass is 32.2. The number of pyridine rings is 1. The summed E-state index contributed by atoms with van der Waals surface area (Å²) in [5, 5.41) is 8.11. The molecule has 0 saturated carbocycles. The molecule has 1 atom stereocenters. The summed E-state index contributed by atoms with van der Waals surface area (Å²) in [6.45, 7) is 10.2. The molecule has 3 heterocycles. The molecule has 10 nitrogen and oxygen atoms in total. The lowest BCUT2D eigenvalue weighted by molar-refractivity contribution is 0.255. The highest BCUT2D eigenvalue weighted by molar-refractivity contribution is 7.90. The number of carbonyl (C=O) groups excluding carboxylic acids is 1. The van der Waals surface area contributed by atoms with Gasteiger partial charge >= 0.3 is 6.03 Å². The van der Waals surface area contributed by atoms with E-state index in [2.05, 4.69) is 20.0 Å². The second kappa shape index (κ2) is 8.39. The van der Waals surface area contributed by atoms with E-state index >= 15 is 0 Å². The minimum Gasteiger partial charge on any atom is -0.315 e. The number of aromatic nitrogens is 4. The predicted molar refractivity (Wildman–Crippen MR) is 119 cm³/mol. The molecule has 0 N–H and O–H groups in total. The summed E-state index contributed by atoms with van der Waals surface area (Å²) in [6, 6.07) is 11.2. The van der Waals surface area contributed by atoms with Crippen LogP contribution in [0.2, 0.25) is 0 Å². The highest BCUT2D eigenvalue weighted by Gasteiger charge is 2.32. The third-order valence-electron chi connectivity index (χ3n) is 5.23. The fraction of sp³-hybridized carbons (Fsp3) is 0.286. The zero-order valence-electron chi connectivity index (χ0n) is 17.6. The molecule has 1 fully saturated rings. The van der Waals surface area contributed by atoms with Gasteiger partial charge in [0.2, 0.25) is 6.54 Å². The molecule has 1 aliphatic rings. The van der Waals surface area contributed by atoms with Crippen molar-refractivity contribution < 1.29 is 13.2 Å². The Morgan fingerprint density at radius 3 is 2.53 bits per heavy atom. The first-order valence-corrected chi connectivity index (χ1v) is 11.8. The molecule has 3 aromatic rings. The second-order valence-corrected chi connectivity index (χ2v) is 9.50. The molecule has 2 aromatic heterocycles. The van der Waals surface area contributed by atoms with E-state index in [9.17, 15) is 13.2 Å². The van der Waals surface area contributed by atoms with Gasteiger partial charge in [0, 0.05) is 25.0 Å². The van der Waals surface area contributed by atoms with E-state index in [4.69, 9.17) is 6.57 Å². The quantitative estimate of drug-likeness (QED) is 0.534. The zero-order chi connectivity index (χ0) is 22.9. The van der Waals surface area contributed by atoms with Crippen LogP contribution in [0.25, 0.3) is 16.4 Å². The second-order valence-electron chi connectivity index (χ2n) is 7.48. The summed E-state index contributed by atoms with van der Waals surface area (Å²) < 4.78 is 25.1. The largest absolute Gasteiger partial charge is 0.330 e. The number of nitrogens with zero attached hydrogens (tertiary/aromatic N) is 7. The van der Waals surface area contributed by atoms with E-state index in [1.807, 2.05) is 6.92 Å². The van der Waals surface area contributed by atoms with Crippen LogP contribution in [0.15, 0.2) is 53.7 Å². The van der Waals surface area contributed by atoms with E-state index in [1.165, 1.54) is 12.1 Å². The van der Waals surface area contributed by atoms with Crippen LogP contribution in [-0.4, -0.2) is 60.1 Å². The molecular weight excluding hydrogens is 430 g/mol. The first-order valence-electron chi connectivity index (χ1n) is 9.89. The average Bonchev–Trinajstić information content (AvgIpc) is 3.41. The van der Waals surface area contributed by atoms with Crippen LogP contribution in [-0.2, 0) is 9.84 Å². The van der Waals surface area contributed by atoms with Crippen molar-refractivity contribution in [3.63, 3.8) is 0 Å². The van der Waals surface area contributed by atoms with Gasteiger partial charge in [-0.25, -0.2) is 24.8 Å². The van der Waals surface area contributed by atoms with Gasteiger partial charge < -0.3 is 9.41 Å². The molecule has 1 aliphatic heterocycles. The van der Waals surface area contributed by atoms with Gasteiger partial charge in [-0.2, -0.15) is 0 Å². The standard InChI is InChI=1S/C21H21N7O3S/c1-15(13-22-2)28-14-23-25-20(28)18-5-4-6-19(24-18)27-12-11-26(21(27)29)16-7-9-17(10-8-16)32(3,30)31/h4-10,14-15H,11-13H2,1,3H3. The third kappa shape index (κ3) is 4.04. The van der Waals surface area contributed by atoms with Gasteiger partial charge in [-0.05, 0) is 43.3 Å². The van der Waals surface area contributed by atoms with E-state index in [0.717, 1.165) is 6.26 Å². The van der Waals surface area contributed by atoms with Crippen LogP contribution >= 0.6 is 0 Å². The maximum atomic E-state index is 13.1. The highest BCUT2D eigenvalue weighted by Crippen LogP contribution is 2.27. The van der Waals surface area contributed by atoms with E-state index in [-0.39, 0.29) is 17.0 Å². The van der Waals surface area contributed by atoms with Gasteiger partial charge in [0.1, 0.15) is 23.9 Å². The normalized spacial score (nSPS) is 15.1. The fourth-order valence-corrected chi connectivity index (χ4v) is 4.16.